The largest absolute Gasteiger partial charge is 0.476 e. The third kappa shape index (κ3) is 4.61. The zero-order valence-corrected chi connectivity index (χ0v) is 15.8. The number of carbonyl (C=O) groups is 2. The quantitative estimate of drug-likeness (QED) is 0.432. The molecule has 0 spiro atoms. The average molecular weight is 405 g/mol. The second-order valence-electron chi connectivity index (χ2n) is 7.37. The summed E-state index contributed by atoms with van der Waals surface area (Å²) in [6.07, 6.45) is 8.53. The minimum atomic E-state index is -1.37. The van der Waals surface area contributed by atoms with Gasteiger partial charge in [0.15, 0.2) is 5.69 Å². The normalized spacial score (nSPS) is 17.1. The summed E-state index contributed by atoms with van der Waals surface area (Å²) in [6.45, 7) is 0. The fraction of sp³-hybridized carbons (Fsp3) is 0.556. The van der Waals surface area contributed by atoms with E-state index in [2.05, 4.69) is 20.4 Å². The van der Waals surface area contributed by atoms with Gasteiger partial charge in [-0.15, -0.1) is 0 Å². The lowest BCUT2D eigenvalue weighted by Crippen LogP contribution is -2.03. The van der Waals surface area contributed by atoms with Gasteiger partial charge in [-0.25, -0.2) is 9.59 Å². The minimum absolute atomic E-state index is 0.0426. The van der Waals surface area contributed by atoms with E-state index >= 15 is 0 Å². The lowest BCUT2D eigenvalue weighted by molar-refractivity contribution is -0.386. The maximum atomic E-state index is 10.8. The Morgan fingerprint density at radius 3 is 2.03 bits per heavy atom. The Balaban J connectivity index is 0.000000169. The molecule has 0 amide bonds. The SMILES string of the molecule is O=C(O)c1cc(C2CCCC2)[nH]n1.O=C(O)c1n[nH]c(C2CCCC2)c1[N+](=O)[O-]. The number of hydrogen-bond donors (Lipinski definition) is 4. The molecule has 0 aromatic carbocycles. The summed E-state index contributed by atoms with van der Waals surface area (Å²) in [4.78, 5) is 31.5. The van der Waals surface area contributed by atoms with E-state index in [1.165, 1.54) is 12.8 Å². The monoisotopic (exact) mass is 405 g/mol. The van der Waals surface area contributed by atoms with Crippen molar-refractivity contribution in [2.24, 2.45) is 0 Å². The van der Waals surface area contributed by atoms with E-state index in [0.29, 0.717) is 11.6 Å². The summed E-state index contributed by atoms with van der Waals surface area (Å²) >= 11 is 0. The summed E-state index contributed by atoms with van der Waals surface area (Å²) in [5, 5.41) is 40.8. The first-order valence-corrected chi connectivity index (χ1v) is 9.63. The van der Waals surface area contributed by atoms with E-state index in [9.17, 15) is 19.7 Å². The molecule has 4 N–H and O–H groups in total. The molecule has 156 valence electrons. The molecule has 0 unspecified atom stereocenters. The van der Waals surface area contributed by atoms with E-state index in [4.69, 9.17) is 10.2 Å². The lowest BCUT2D eigenvalue weighted by Gasteiger charge is -2.04. The number of H-pyrrole nitrogens is 2. The van der Waals surface area contributed by atoms with Crippen LogP contribution in [0.3, 0.4) is 0 Å². The first-order valence-electron chi connectivity index (χ1n) is 9.63. The van der Waals surface area contributed by atoms with Crippen molar-refractivity contribution in [3.8, 4) is 0 Å². The van der Waals surface area contributed by atoms with Crippen molar-refractivity contribution in [1.29, 1.82) is 0 Å². The molecular weight excluding hydrogens is 382 g/mol. The van der Waals surface area contributed by atoms with Crippen molar-refractivity contribution in [3.63, 3.8) is 0 Å². The number of aromatic amines is 2. The van der Waals surface area contributed by atoms with E-state index in [-0.39, 0.29) is 17.3 Å². The highest BCUT2D eigenvalue weighted by Gasteiger charge is 2.34. The maximum Gasteiger partial charge on any atom is 0.363 e. The number of aromatic nitrogens is 4. The summed E-state index contributed by atoms with van der Waals surface area (Å²) in [5.74, 6) is -1.78. The second kappa shape index (κ2) is 8.84. The number of nitro groups is 1. The van der Waals surface area contributed by atoms with Crippen LogP contribution in [0, 0.1) is 10.1 Å². The molecule has 0 aliphatic heterocycles. The summed E-state index contributed by atoms with van der Waals surface area (Å²) in [6, 6.07) is 1.65. The predicted octanol–water partition coefficient (Wildman–Crippen LogP) is 3.44. The first kappa shape index (κ1) is 20.5. The Kier molecular flexibility index (Phi) is 6.25. The highest BCUT2D eigenvalue weighted by atomic mass is 16.6. The van der Waals surface area contributed by atoms with E-state index in [1.807, 2.05) is 0 Å². The van der Waals surface area contributed by atoms with Crippen molar-refractivity contribution in [1.82, 2.24) is 20.4 Å². The zero-order chi connectivity index (χ0) is 21.0. The van der Waals surface area contributed by atoms with Gasteiger partial charge in [-0.1, -0.05) is 25.7 Å². The van der Waals surface area contributed by atoms with Gasteiger partial charge in [0.2, 0.25) is 5.69 Å². The number of aromatic carboxylic acids is 2. The van der Waals surface area contributed by atoms with Crippen LogP contribution in [0.4, 0.5) is 5.69 Å². The molecule has 11 heteroatoms. The molecule has 2 heterocycles. The van der Waals surface area contributed by atoms with Gasteiger partial charge in [0.1, 0.15) is 5.69 Å². The molecule has 2 aliphatic rings. The number of rotatable bonds is 5. The summed E-state index contributed by atoms with van der Waals surface area (Å²) in [5.41, 5.74) is 0.600. The highest BCUT2D eigenvalue weighted by molar-refractivity contribution is 5.90. The number of carboxylic acids is 2. The molecule has 0 bridgehead atoms. The average Bonchev–Trinajstić information content (AvgIpc) is 3.49. The smallest absolute Gasteiger partial charge is 0.363 e. The number of hydrogen-bond acceptors (Lipinski definition) is 6. The molecule has 11 nitrogen and oxygen atoms in total. The molecule has 0 saturated heterocycles. The molecule has 0 atom stereocenters. The fourth-order valence-corrected chi connectivity index (χ4v) is 4.07. The molecule has 29 heavy (non-hydrogen) atoms. The number of nitrogens with one attached hydrogen (secondary N) is 2. The zero-order valence-electron chi connectivity index (χ0n) is 15.8. The molecule has 2 fully saturated rings. The van der Waals surface area contributed by atoms with Crippen LogP contribution in [0.15, 0.2) is 6.07 Å². The van der Waals surface area contributed by atoms with Crippen LogP contribution < -0.4 is 0 Å². The molecule has 2 aromatic heterocycles. The molecule has 4 rings (SSSR count). The van der Waals surface area contributed by atoms with Crippen molar-refractivity contribution >= 4 is 17.6 Å². The van der Waals surface area contributed by atoms with Crippen molar-refractivity contribution in [2.45, 2.75) is 63.2 Å². The number of carboxylic acid groups (broad SMARTS) is 2. The molecule has 2 aliphatic carbocycles. The van der Waals surface area contributed by atoms with Gasteiger partial charge in [-0.3, -0.25) is 20.3 Å². The van der Waals surface area contributed by atoms with E-state index in [1.54, 1.807) is 6.07 Å². The Labute approximate surface area is 165 Å². The van der Waals surface area contributed by atoms with Gasteiger partial charge in [0.25, 0.3) is 0 Å². The van der Waals surface area contributed by atoms with Crippen LogP contribution >= 0.6 is 0 Å². The standard InChI is InChI=1S/C9H11N3O4.C9H12N2O2/c13-9(14)7-8(12(15)16)6(10-11-7)5-3-1-2-4-5;12-9(13)8-5-7(10-11-8)6-3-1-2-4-6/h5H,1-4H2,(H,10,11)(H,13,14);5-6H,1-4H2,(H,10,11)(H,12,13). The van der Waals surface area contributed by atoms with Crippen molar-refractivity contribution in [2.75, 3.05) is 0 Å². The van der Waals surface area contributed by atoms with Gasteiger partial charge < -0.3 is 10.2 Å². The predicted molar refractivity (Wildman–Crippen MR) is 100 cm³/mol. The Morgan fingerprint density at radius 1 is 0.966 bits per heavy atom. The lowest BCUT2D eigenvalue weighted by atomic mass is 10.0. The highest BCUT2D eigenvalue weighted by Crippen LogP contribution is 2.38. The summed E-state index contributed by atoms with van der Waals surface area (Å²) in [7, 11) is 0. The Bertz CT molecular complexity index is 892. The fourth-order valence-electron chi connectivity index (χ4n) is 4.07. The van der Waals surface area contributed by atoms with Gasteiger partial charge in [0.05, 0.1) is 4.92 Å². The van der Waals surface area contributed by atoms with Crippen molar-refractivity contribution < 1.29 is 24.7 Å². The van der Waals surface area contributed by atoms with Gasteiger partial charge in [-0.2, -0.15) is 10.2 Å². The van der Waals surface area contributed by atoms with Crippen LogP contribution in [-0.2, 0) is 0 Å². The van der Waals surface area contributed by atoms with Crippen LogP contribution in [0.5, 0.6) is 0 Å². The molecule has 2 aromatic rings. The number of nitrogens with zero attached hydrogens (tertiary/aromatic N) is 3. The Morgan fingerprint density at radius 2 is 1.55 bits per heavy atom. The van der Waals surface area contributed by atoms with Crippen molar-refractivity contribution in [3.05, 3.63) is 39.0 Å². The summed E-state index contributed by atoms with van der Waals surface area (Å²) < 4.78 is 0. The van der Waals surface area contributed by atoms with Crippen LogP contribution in [0.2, 0.25) is 0 Å². The third-order valence-corrected chi connectivity index (χ3v) is 5.53. The first-order chi connectivity index (χ1) is 13.9. The third-order valence-electron chi connectivity index (χ3n) is 5.53. The molecule has 0 radical (unpaired) electrons. The maximum absolute atomic E-state index is 10.8. The van der Waals surface area contributed by atoms with Crippen LogP contribution in [-0.4, -0.2) is 47.5 Å². The van der Waals surface area contributed by atoms with Crippen LogP contribution in [0.1, 0.15) is 95.6 Å². The molecular formula is C18H23N5O6. The van der Waals surface area contributed by atoms with Gasteiger partial charge >= 0.3 is 17.6 Å². The van der Waals surface area contributed by atoms with Gasteiger partial charge in [0, 0.05) is 17.5 Å². The van der Waals surface area contributed by atoms with Crippen LogP contribution in [0.25, 0.3) is 0 Å². The molecule has 2 saturated carbocycles. The Hall–Kier alpha value is -3.24. The van der Waals surface area contributed by atoms with Gasteiger partial charge in [-0.05, 0) is 31.7 Å². The van der Waals surface area contributed by atoms with E-state index < -0.39 is 22.6 Å². The van der Waals surface area contributed by atoms with E-state index in [0.717, 1.165) is 44.2 Å². The second-order valence-corrected chi connectivity index (χ2v) is 7.37. The minimum Gasteiger partial charge on any atom is -0.476 e. The topological polar surface area (TPSA) is 175 Å².